The Morgan fingerprint density at radius 2 is 1.69 bits per heavy atom. The monoisotopic (exact) mass is 545 g/mol. The third-order valence-corrected chi connectivity index (χ3v) is 7.40. The summed E-state index contributed by atoms with van der Waals surface area (Å²) < 4.78 is 13.5. The lowest BCUT2D eigenvalue weighted by Crippen LogP contribution is -2.51. The predicted molar refractivity (Wildman–Crippen MR) is 146 cm³/mol. The number of para-hydroxylation sites is 1. The van der Waals surface area contributed by atoms with Crippen molar-refractivity contribution in [3.05, 3.63) is 87.7 Å². The van der Waals surface area contributed by atoms with E-state index in [2.05, 4.69) is 5.10 Å². The molecule has 0 radical (unpaired) electrons. The van der Waals surface area contributed by atoms with Gasteiger partial charge in [0.2, 0.25) is 0 Å². The van der Waals surface area contributed by atoms with E-state index in [1.807, 2.05) is 24.3 Å². The van der Waals surface area contributed by atoms with Gasteiger partial charge in [-0.3, -0.25) is 14.4 Å². The average Bonchev–Trinajstić information content (AvgIpc) is 3.60. The Kier molecular flexibility index (Phi) is 6.11. The maximum absolute atomic E-state index is 14.0. The second kappa shape index (κ2) is 9.63. The number of methoxy groups -OCH3 is 1. The number of fused-ring (bicyclic) bond motifs is 3. The van der Waals surface area contributed by atoms with Gasteiger partial charge in [0.15, 0.2) is 11.5 Å². The molecule has 0 aliphatic carbocycles. The Labute approximate surface area is 227 Å². The fourth-order valence-corrected chi connectivity index (χ4v) is 5.36. The first kappa shape index (κ1) is 24.7. The van der Waals surface area contributed by atoms with Crippen LogP contribution in [0.2, 0.25) is 5.02 Å². The summed E-state index contributed by atoms with van der Waals surface area (Å²) in [7, 11) is 3.30. The first-order chi connectivity index (χ1) is 18.9. The second-order valence-electron chi connectivity index (χ2n) is 9.25. The third-order valence-electron chi connectivity index (χ3n) is 7.11. The maximum atomic E-state index is 14.0. The maximum Gasteiger partial charge on any atom is 0.296 e. The van der Waals surface area contributed by atoms with Crippen LogP contribution in [-0.4, -0.2) is 69.3 Å². The van der Waals surface area contributed by atoms with Gasteiger partial charge in [0, 0.05) is 49.5 Å². The highest BCUT2D eigenvalue weighted by atomic mass is 35.5. The van der Waals surface area contributed by atoms with Crippen molar-refractivity contribution in [3.8, 4) is 11.4 Å². The molecule has 0 bridgehead atoms. The van der Waals surface area contributed by atoms with Crippen LogP contribution in [0, 0.1) is 0 Å². The van der Waals surface area contributed by atoms with Gasteiger partial charge < -0.3 is 23.5 Å². The molecule has 1 aliphatic heterocycles. The molecule has 11 heteroatoms. The van der Waals surface area contributed by atoms with Crippen molar-refractivity contribution < 1.29 is 18.7 Å². The fraction of sp³-hybridized carbons (Fsp3) is 0.214. The summed E-state index contributed by atoms with van der Waals surface area (Å²) in [6.07, 6.45) is 1.46. The Balaban J connectivity index is 1.45. The van der Waals surface area contributed by atoms with Gasteiger partial charge in [0.05, 0.1) is 24.1 Å². The van der Waals surface area contributed by atoms with Crippen LogP contribution in [0.15, 0.2) is 70.1 Å². The van der Waals surface area contributed by atoms with Gasteiger partial charge in [-0.2, -0.15) is 9.78 Å². The minimum atomic E-state index is -0.379. The van der Waals surface area contributed by atoms with E-state index >= 15 is 0 Å². The van der Waals surface area contributed by atoms with E-state index in [0.29, 0.717) is 53.5 Å². The number of rotatable bonds is 4. The van der Waals surface area contributed by atoms with Crippen molar-refractivity contribution in [2.45, 2.75) is 0 Å². The Bertz CT molecular complexity index is 1800. The SMILES string of the molecule is COc1ccc(-n2nc(C(=O)N3CCN(C(=O)c4ccco4)CC3)c3c4ccccc4n(C)c3c2=O)cc1Cl. The molecule has 0 spiro atoms. The molecule has 1 aliphatic rings. The quantitative estimate of drug-likeness (QED) is 0.341. The number of amides is 2. The van der Waals surface area contributed by atoms with Crippen LogP contribution < -0.4 is 10.3 Å². The smallest absolute Gasteiger partial charge is 0.296 e. The largest absolute Gasteiger partial charge is 0.495 e. The molecule has 1 saturated heterocycles. The molecule has 198 valence electrons. The molecule has 10 nitrogen and oxygen atoms in total. The first-order valence-corrected chi connectivity index (χ1v) is 12.7. The zero-order valence-electron chi connectivity index (χ0n) is 21.3. The Hall–Kier alpha value is -4.57. The molecule has 1 fully saturated rings. The number of hydrogen-bond acceptors (Lipinski definition) is 6. The molecular weight excluding hydrogens is 522 g/mol. The van der Waals surface area contributed by atoms with E-state index in [1.165, 1.54) is 18.1 Å². The lowest BCUT2D eigenvalue weighted by atomic mass is 10.1. The van der Waals surface area contributed by atoms with Crippen LogP contribution in [-0.2, 0) is 7.05 Å². The van der Waals surface area contributed by atoms with Crippen molar-refractivity contribution >= 4 is 45.2 Å². The number of carbonyl (C=O) groups excluding carboxylic acids is 2. The highest BCUT2D eigenvalue weighted by molar-refractivity contribution is 6.32. The summed E-state index contributed by atoms with van der Waals surface area (Å²) in [5.74, 6) is 0.179. The van der Waals surface area contributed by atoms with E-state index < -0.39 is 0 Å². The molecule has 3 aromatic heterocycles. The molecule has 0 atom stereocenters. The van der Waals surface area contributed by atoms with E-state index in [1.54, 1.807) is 51.7 Å². The summed E-state index contributed by atoms with van der Waals surface area (Å²) in [5, 5.41) is 6.17. The number of aryl methyl sites for hydroxylation is 1. The van der Waals surface area contributed by atoms with Crippen LogP contribution in [0.4, 0.5) is 0 Å². The van der Waals surface area contributed by atoms with E-state index in [9.17, 15) is 14.4 Å². The van der Waals surface area contributed by atoms with Crippen LogP contribution >= 0.6 is 11.6 Å². The number of ether oxygens (including phenoxy) is 1. The summed E-state index contributed by atoms with van der Waals surface area (Å²) in [5.41, 5.74) is 1.34. The molecule has 0 unspecified atom stereocenters. The summed E-state index contributed by atoms with van der Waals surface area (Å²) in [6.45, 7) is 1.31. The first-order valence-electron chi connectivity index (χ1n) is 12.4. The molecule has 6 rings (SSSR count). The lowest BCUT2D eigenvalue weighted by molar-refractivity contribution is 0.0515. The van der Waals surface area contributed by atoms with Gasteiger partial charge in [0.1, 0.15) is 11.3 Å². The van der Waals surface area contributed by atoms with Crippen molar-refractivity contribution in [2.75, 3.05) is 33.3 Å². The number of hydrogen-bond donors (Lipinski definition) is 0. The van der Waals surface area contributed by atoms with Crippen LogP contribution in [0.5, 0.6) is 5.75 Å². The summed E-state index contributed by atoms with van der Waals surface area (Å²) in [6, 6.07) is 15.7. The predicted octanol–water partition coefficient (Wildman–Crippen LogP) is 3.73. The van der Waals surface area contributed by atoms with E-state index in [4.69, 9.17) is 20.8 Å². The van der Waals surface area contributed by atoms with Gasteiger partial charge in [-0.15, -0.1) is 0 Å². The highest BCUT2D eigenvalue weighted by Crippen LogP contribution is 2.30. The van der Waals surface area contributed by atoms with E-state index in [-0.39, 0.29) is 28.8 Å². The van der Waals surface area contributed by atoms with Gasteiger partial charge in [0.25, 0.3) is 17.4 Å². The topological polar surface area (TPSA) is 103 Å². The zero-order chi connectivity index (χ0) is 27.3. The fourth-order valence-electron chi connectivity index (χ4n) is 5.11. The number of benzene rings is 2. The van der Waals surface area contributed by atoms with Gasteiger partial charge >= 0.3 is 0 Å². The van der Waals surface area contributed by atoms with E-state index in [0.717, 1.165) is 10.9 Å². The highest BCUT2D eigenvalue weighted by Gasteiger charge is 2.30. The number of nitrogens with zero attached hydrogens (tertiary/aromatic N) is 5. The molecule has 4 heterocycles. The minimum Gasteiger partial charge on any atom is -0.495 e. The molecule has 2 amide bonds. The summed E-state index contributed by atoms with van der Waals surface area (Å²) >= 11 is 6.36. The van der Waals surface area contributed by atoms with Gasteiger partial charge in [-0.25, -0.2) is 0 Å². The second-order valence-corrected chi connectivity index (χ2v) is 9.65. The van der Waals surface area contributed by atoms with Crippen LogP contribution in [0.1, 0.15) is 21.0 Å². The Morgan fingerprint density at radius 3 is 2.36 bits per heavy atom. The number of furan rings is 1. The normalized spacial score (nSPS) is 13.8. The van der Waals surface area contributed by atoms with Crippen LogP contribution in [0.25, 0.3) is 27.5 Å². The molecule has 2 aromatic carbocycles. The van der Waals surface area contributed by atoms with Gasteiger partial charge in [-0.1, -0.05) is 29.8 Å². The van der Waals surface area contributed by atoms with Crippen molar-refractivity contribution in [1.82, 2.24) is 24.1 Å². The molecule has 0 saturated carbocycles. The van der Waals surface area contributed by atoms with Crippen molar-refractivity contribution in [3.63, 3.8) is 0 Å². The standard InChI is InChI=1S/C28H24ClN5O5/c1-31-20-7-4-3-6-18(20)23-24(27(36)33-13-11-32(12-14-33)26(35)22-8-5-15-39-22)30-34(28(37)25(23)31)17-9-10-21(38-2)19(29)16-17/h3-10,15-16H,11-14H2,1-2H3. The number of halogens is 1. The molecule has 0 N–H and O–H groups in total. The number of carbonyl (C=O) groups is 2. The third kappa shape index (κ3) is 4.04. The zero-order valence-corrected chi connectivity index (χ0v) is 22.0. The molecule has 5 aromatic rings. The molecular formula is C28H24ClN5O5. The number of aromatic nitrogens is 3. The molecule has 39 heavy (non-hydrogen) atoms. The van der Waals surface area contributed by atoms with Crippen LogP contribution in [0.3, 0.4) is 0 Å². The minimum absolute atomic E-state index is 0.152. The lowest BCUT2D eigenvalue weighted by Gasteiger charge is -2.34. The summed E-state index contributed by atoms with van der Waals surface area (Å²) in [4.78, 5) is 43.8. The van der Waals surface area contributed by atoms with Crippen molar-refractivity contribution in [2.24, 2.45) is 7.05 Å². The average molecular weight is 546 g/mol. The Morgan fingerprint density at radius 1 is 0.974 bits per heavy atom. The van der Waals surface area contributed by atoms with Gasteiger partial charge in [-0.05, 0) is 36.4 Å². The number of piperazine rings is 1. The van der Waals surface area contributed by atoms with Crippen molar-refractivity contribution in [1.29, 1.82) is 0 Å².